The van der Waals surface area contributed by atoms with Crippen molar-refractivity contribution in [1.29, 1.82) is 0 Å². The van der Waals surface area contributed by atoms with E-state index in [2.05, 4.69) is 4.98 Å². The van der Waals surface area contributed by atoms with Crippen molar-refractivity contribution in [2.45, 2.75) is 22.6 Å². The third-order valence-corrected chi connectivity index (χ3v) is 9.55. The van der Waals surface area contributed by atoms with Gasteiger partial charge in [-0.3, -0.25) is 24.1 Å². The van der Waals surface area contributed by atoms with Crippen molar-refractivity contribution in [3.05, 3.63) is 38.7 Å². The van der Waals surface area contributed by atoms with E-state index in [9.17, 15) is 19.2 Å². The second-order valence-corrected chi connectivity index (χ2v) is 10.3. The number of likely N-dealkylation sites (tertiary alicyclic amines) is 1. The molecule has 2 N–H and O–H groups in total. The van der Waals surface area contributed by atoms with Gasteiger partial charge in [0, 0.05) is 5.25 Å². The minimum absolute atomic E-state index is 0.00995. The fourth-order valence-corrected chi connectivity index (χ4v) is 9.03. The van der Waals surface area contributed by atoms with Gasteiger partial charge in [0.15, 0.2) is 0 Å². The summed E-state index contributed by atoms with van der Waals surface area (Å²) in [5, 5.41) is 10.0. The number of H-pyrrole nitrogens is 1. The first-order chi connectivity index (χ1) is 14.0. The molecule has 6 rings (SSSR count). The van der Waals surface area contributed by atoms with Crippen molar-refractivity contribution in [2.75, 3.05) is 6.54 Å². The minimum Gasteiger partial charge on any atom is -0.480 e. The van der Waals surface area contributed by atoms with E-state index in [4.69, 9.17) is 9.52 Å². The lowest BCUT2D eigenvalue weighted by atomic mass is 9.69. The van der Waals surface area contributed by atoms with E-state index in [0.29, 0.717) is 0 Å². The lowest BCUT2D eigenvalue weighted by molar-refractivity contribution is -0.149. The first-order valence-electron chi connectivity index (χ1n) is 9.45. The number of carbonyl (C=O) groups excluding carboxylic acids is 2. The number of hydrogen-bond donors (Lipinski definition) is 2. The number of imide groups is 1. The molecule has 7 atom stereocenters. The number of carboxylic acid groups (broad SMARTS) is 1. The van der Waals surface area contributed by atoms with Crippen LogP contribution in [0.3, 0.4) is 0 Å². The fraction of sp³-hybridized carbons (Fsp3) is 0.474. The molecule has 0 unspecified atom stereocenters. The van der Waals surface area contributed by atoms with E-state index in [-0.39, 0.29) is 45.6 Å². The third kappa shape index (κ3) is 2.21. The number of amides is 2. The molecule has 150 valence electrons. The van der Waals surface area contributed by atoms with Crippen molar-refractivity contribution >= 4 is 40.9 Å². The van der Waals surface area contributed by atoms with Crippen molar-refractivity contribution < 1.29 is 23.9 Å². The number of carboxylic acids is 1. The zero-order valence-electron chi connectivity index (χ0n) is 14.9. The lowest BCUT2D eigenvalue weighted by Gasteiger charge is -2.42. The summed E-state index contributed by atoms with van der Waals surface area (Å²) >= 11 is 2.77. The number of furan rings is 1. The van der Waals surface area contributed by atoms with Gasteiger partial charge in [-0.1, -0.05) is 11.3 Å². The van der Waals surface area contributed by atoms with Gasteiger partial charge in [-0.05, 0) is 36.3 Å². The number of thioether (sulfide) groups is 1. The highest BCUT2D eigenvalue weighted by Crippen LogP contribution is 2.68. The highest BCUT2D eigenvalue weighted by Gasteiger charge is 2.69. The molecule has 2 aromatic heterocycles. The summed E-state index contributed by atoms with van der Waals surface area (Å²) < 4.78 is 5.73. The SMILES string of the molecule is O=C(O)CN1C(=O)[C@@H]2[C@H]3C[C@@H]([C@@H]2C1=O)[C@@H]1[C@@H](c2ccco2)c2sc(=O)[nH]c2S[C@@H]31. The predicted octanol–water partition coefficient (Wildman–Crippen LogP) is 1.59. The Bertz CT molecular complexity index is 1100. The summed E-state index contributed by atoms with van der Waals surface area (Å²) in [6.07, 6.45) is 2.38. The van der Waals surface area contributed by atoms with Crippen LogP contribution in [0.1, 0.15) is 23.0 Å². The molecular formula is C19H16N2O6S2. The van der Waals surface area contributed by atoms with Gasteiger partial charge in [0.2, 0.25) is 11.8 Å². The molecule has 0 spiro atoms. The summed E-state index contributed by atoms with van der Waals surface area (Å²) in [5.74, 6) is -2.16. The summed E-state index contributed by atoms with van der Waals surface area (Å²) in [6, 6.07) is 3.71. The average Bonchev–Trinajstić information content (AvgIpc) is 3.45. The van der Waals surface area contributed by atoms with E-state index in [1.807, 2.05) is 12.1 Å². The molecule has 4 heterocycles. The van der Waals surface area contributed by atoms with Crippen molar-refractivity contribution in [1.82, 2.24) is 9.88 Å². The van der Waals surface area contributed by atoms with Crippen LogP contribution in [-0.4, -0.2) is 44.6 Å². The molecule has 1 saturated heterocycles. The van der Waals surface area contributed by atoms with Crippen LogP contribution in [0.25, 0.3) is 0 Å². The molecule has 2 aromatic rings. The summed E-state index contributed by atoms with van der Waals surface area (Å²) in [7, 11) is 0. The Balaban J connectivity index is 1.45. The number of aromatic amines is 1. The number of nitrogens with zero attached hydrogens (tertiary/aromatic N) is 1. The Labute approximate surface area is 172 Å². The number of carbonyl (C=O) groups is 3. The summed E-state index contributed by atoms with van der Waals surface area (Å²) in [5.41, 5.74) is 0. The van der Waals surface area contributed by atoms with E-state index in [0.717, 1.165) is 27.0 Å². The summed E-state index contributed by atoms with van der Waals surface area (Å²) in [4.78, 5) is 53.8. The number of hydrogen-bond acceptors (Lipinski definition) is 7. The Hall–Kier alpha value is -2.33. The first kappa shape index (κ1) is 17.5. The Morgan fingerprint density at radius 2 is 2.00 bits per heavy atom. The second kappa shape index (κ2) is 5.85. The van der Waals surface area contributed by atoms with Crippen LogP contribution in [0, 0.1) is 29.6 Å². The number of nitrogens with one attached hydrogen (secondary N) is 1. The first-order valence-corrected chi connectivity index (χ1v) is 11.2. The predicted molar refractivity (Wildman–Crippen MR) is 102 cm³/mol. The molecular weight excluding hydrogens is 416 g/mol. The molecule has 0 radical (unpaired) electrons. The molecule has 29 heavy (non-hydrogen) atoms. The largest absolute Gasteiger partial charge is 0.480 e. The van der Waals surface area contributed by atoms with Crippen LogP contribution in [0.4, 0.5) is 0 Å². The number of fused-ring (bicyclic) bond motifs is 9. The molecule has 10 heteroatoms. The second-order valence-electron chi connectivity index (χ2n) is 8.13. The normalized spacial score (nSPS) is 37.0. The Morgan fingerprint density at radius 3 is 2.69 bits per heavy atom. The highest BCUT2D eigenvalue weighted by molar-refractivity contribution is 8.00. The van der Waals surface area contributed by atoms with Gasteiger partial charge in [0.1, 0.15) is 12.3 Å². The van der Waals surface area contributed by atoms with Gasteiger partial charge in [-0.15, -0.1) is 11.8 Å². The van der Waals surface area contributed by atoms with Crippen LogP contribution < -0.4 is 4.87 Å². The van der Waals surface area contributed by atoms with Crippen LogP contribution >= 0.6 is 23.1 Å². The van der Waals surface area contributed by atoms with E-state index in [1.165, 1.54) is 11.3 Å². The van der Waals surface area contributed by atoms with Crippen LogP contribution in [-0.2, 0) is 14.4 Å². The van der Waals surface area contributed by atoms with Gasteiger partial charge in [-0.2, -0.15) is 0 Å². The molecule has 2 aliphatic heterocycles. The van der Waals surface area contributed by atoms with E-state index >= 15 is 0 Å². The summed E-state index contributed by atoms with van der Waals surface area (Å²) in [6.45, 7) is -0.575. The maximum atomic E-state index is 13.0. The van der Waals surface area contributed by atoms with Gasteiger partial charge in [-0.25, -0.2) is 0 Å². The number of rotatable bonds is 3. The third-order valence-electron chi connectivity index (χ3n) is 6.96. The van der Waals surface area contributed by atoms with Gasteiger partial charge < -0.3 is 14.5 Å². The average molecular weight is 432 g/mol. The highest BCUT2D eigenvalue weighted by atomic mass is 32.2. The maximum Gasteiger partial charge on any atom is 0.323 e. The topological polar surface area (TPSA) is 121 Å². The van der Waals surface area contributed by atoms with Gasteiger partial charge in [0.25, 0.3) is 0 Å². The van der Waals surface area contributed by atoms with Crippen LogP contribution in [0.2, 0.25) is 0 Å². The van der Waals surface area contributed by atoms with Gasteiger partial charge in [0.05, 0.1) is 33.9 Å². The Kier molecular flexibility index (Phi) is 3.54. The number of aromatic nitrogens is 1. The molecule has 2 saturated carbocycles. The molecule has 0 aromatic carbocycles. The van der Waals surface area contributed by atoms with E-state index < -0.39 is 24.3 Å². The molecule has 2 bridgehead atoms. The quantitative estimate of drug-likeness (QED) is 0.707. The molecule has 8 nitrogen and oxygen atoms in total. The van der Waals surface area contributed by atoms with E-state index in [1.54, 1.807) is 18.0 Å². The zero-order chi connectivity index (χ0) is 20.0. The van der Waals surface area contributed by atoms with Crippen molar-refractivity contribution in [3.8, 4) is 0 Å². The number of aliphatic carboxylic acids is 1. The molecule has 2 amide bonds. The minimum atomic E-state index is -1.18. The van der Waals surface area contributed by atoms with Gasteiger partial charge >= 0.3 is 10.8 Å². The van der Waals surface area contributed by atoms with Crippen LogP contribution in [0.5, 0.6) is 0 Å². The van der Waals surface area contributed by atoms with Crippen molar-refractivity contribution in [3.63, 3.8) is 0 Å². The fourth-order valence-electron chi connectivity index (χ4n) is 6.16. The lowest BCUT2D eigenvalue weighted by Crippen LogP contribution is -2.42. The maximum absolute atomic E-state index is 13.0. The standard InChI is InChI=1S/C19H16N2O6S2/c22-9(23)5-21-17(24)11-6-4-7(12(11)18(21)25)14-10(6)13(8-2-1-3-27-8)15-16(28-14)20-19(26)29-15/h1-3,6-7,10-14H,4-5H2,(H,20,26)(H,22,23)/t6-,7-,10-,11+,12-,13-,14+/m1/s1. The number of thiazole rings is 1. The zero-order valence-corrected chi connectivity index (χ0v) is 16.6. The smallest absolute Gasteiger partial charge is 0.323 e. The molecule has 4 aliphatic rings. The monoisotopic (exact) mass is 432 g/mol. The molecule has 2 aliphatic carbocycles. The molecule has 3 fully saturated rings. The Morgan fingerprint density at radius 1 is 1.24 bits per heavy atom. The van der Waals surface area contributed by atoms with Crippen molar-refractivity contribution in [2.24, 2.45) is 29.6 Å². The van der Waals surface area contributed by atoms with Crippen LogP contribution in [0.15, 0.2) is 32.6 Å².